The van der Waals surface area contributed by atoms with Gasteiger partial charge >= 0.3 is 6.03 Å². The van der Waals surface area contributed by atoms with Crippen molar-refractivity contribution in [1.82, 2.24) is 15.2 Å². The zero-order valence-corrected chi connectivity index (χ0v) is 20.5. The third-order valence-electron chi connectivity index (χ3n) is 8.04. The zero-order chi connectivity index (χ0) is 24.6. The fourth-order valence-corrected chi connectivity index (χ4v) is 5.89. The molecule has 2 aliphatic heterocycles. The lowest BCUT2D eigenvalue weighted by atomic mass is 9.69. The monoisotopic (exact) mass is 478 g/mol. The second-order valence-corrected chi connectivity index (χ2v) is 10.1. The van der Waals surface area contributed by atoms with Crippen molar-refractivity contribution in [3.63, 3.8) is 0 Å². The Balaban J connectivity index is 1.38. The molecule has 1 saturated carbocycles. The number of aromatic nitrogens is 1. The molecular formula is C26H34N6O3. The molecule has 1 aromatic carbocycles. The van der Waals surface area contributed by atoms with Gasteiger partial charge in [0.15, 0.2) is 0 Å². The minimum absolute atomic E-state index is 0.0651. The molecule has 35 heavy (non-hydrogen) atoms. The highest BCUT2D eigenvalue weighted by Crippen LogP contribution is 2.46. The van der Waals surface area contributed by atoms with Crippen LogP contribution in [0.3, 0.4) is 0 Å². The molecule has 5 rings (SSSR count). The van der Waals surface area contributed by atoms with Crippen LogP contribution < -0.4 is 20.9 Å². The molecule has 3 N–H and O–H groups in total. The number of nitrogens with two attached hydrogens (primary N) is 1. The number of pyridine rings is 1. The van der Waals surface area contributed by atoms with E-state index in [9.17, 15) is 9.59 Å². The number of amides is 3. The summed E-state index contributed by atoms with van der Waals surface area (Å²) < 4.78 is 5.41. The lowest BCUT2D eigenvalue weighted by molar-refractivity contribution is 0.0657. The lowest BCUT2D eigenvalue weighted by Crippen LogP contribution is -2.54. The minimum Gasteiger partial charge on any atom is -0.378 e. The molecule has 3 heterocycles. The second-order valence-electron chi connectivity index (χ2n) is 10.1. The van der Waals surface area contributed by atoms with Crippen LogP contribution in [-0.4, -0.2) is 74.3 Å². The Labute approximate surface area is 206 Å². The summed E-state index contributed by atoms with van der Waals surface area (Å²) in [5.41, 5.74) is 7.44. The number of hydrogen-bond acceptors (Lipinski definition) is 6. The summed E-state index contributed by atoms with van der Waals surface area (Å²) in [5.74, 6) is 0.112. The Morgan fingerprint density at radius 1 is 1.11 bits per heavy atom. The van der Waals surface area contributed by atoms with E-state index in [1.165, 1.54) is 5.56 Å². The zero-order valence-electron chi connectivity index (χ0n) is 20.5. The fraction of sp³-hybridized carbons (Fsp3) is 0.500. The first-order valence-corrected chi connectivity index (χ1v) is 12.3. The molecule has 0 atom stereocenters. The number of carbonyl (C=O) groups excluding carboxylic acids is 2. The number of rotatable bonds is 5. The van der Waals surface area contributed by atoms with E-state index in [0.29, 0.717) is 49.9 Å². The van der Waals surface area contributed by atoms with Gasteiger partial charge in [-0.1, -0.05) is 30.3 Å². The van der Waals surface area contributed by atoms with E-state index < -0.39 is 5.91 Å². The molecule has 0 bridgehead atoms. The summed E-state index contributed by atoms with van der Waals surface area (Å²) in [4.78, 5) is 36.2. The van der Waals surface area contributed by atoms with Crippen LogP contribution in [0.4, 0.5) is 16.3 Å². The second kappa shape index (κ2) is 9.13. The first kappa shape index (κ1) is 23.6. The van der Waals surface area contributed by atoms with Gasteiger partial charge in [0.1, 0.15) is 5.82 Å². The first-order valence-electron chi connectivity index (χ1n) is 12.3. The molecule has 3 fully saturated rings. The number of primary amides is 1. The van der Waals surface area contributed by atoms with Crippen LogP contribution in [0.15, 0.2) is 42.6 Å². The van der Waals surface area contributed by atoms with Crippen molar-refractivity contribution >= 4 is 23.4 Å². The van der Waals surface area contributed by atoms with Gasteiger partial charge in [-0.2, -0.15) is 0 Å². The normalized spacial score (nSPS) is 26.9. The maximum Gasteiger partial charge on any atom is 0.322 e. The van der Waals surface area contributed by atoms with E-state index in [2.05, 4.69) is 58.5 Å². The van der Waals surface area contributed by atoms with Gasteiger partial charge in [-0.15, -0.1) is 0 Å². The van der Waals surface area contributed by atoms with Gasteiger partial charge in [-0.05, 0) is 51.4 Å². The van der Waals surface area contributed by atoms with E-state index in [0.717, 1.165) is 25.7 Å². The van der Waals surface area contributed by atoms with E-state index in [4.69, 9.17) is 10.5 Å². The molecule has 9 nitrogen and oxygen atoms in total. The van der Waals surface area contributed by atoms with E-state index >= 15 is 0 Å². The van der Waals surface area contributed by atoms with Crippen molar-refractivity contribution in [2.75, 3.05) is 56.7 Å². The van der Waals surface area contributed by atoms with Gasteiger partial charge in [0.2, 0.25) is 0 Å². The number of ether oxygens (including phenoxy) is 1. The molecule has 1 aliphatic carbocycles. The summed E-state index contributed by atoms with van der Waals surface area (Å²) in [6.45, 7) is 3.12. The standard InChI is InChI=1S/C26H34N6O3/c1-30(2)26(19-6-4-3-5-7-19)10-8-25(9-11-26)18-32(24(34)29-25)21-17-28-22(16-20(21)23(27)33)31-12-14-35-15-13-31/h3-7,16-17H,8-15,18H2,1-2H3,(H2,27,33)(H,29,34)/t25-,26-. The first-order chi connectivity index (χ1) is 16.8. The smallest absolute Gasteiger partial charge is 0.322 e. The predicted molar refractivity (Wildman–Crippen MR) is 135 cm³/mol. The molecule has 2 saturated heterocycles. The molecule has 1 spiro atoms. The summed E-state index contributed by atoms with van der Waals surface area (Å²) in [5, 5.41) is 3.25. The Hall–Kier alpha value is -3.17. The SMILES string of the molecule is CN(C)[C@]1(c2ccccc2)CC[C@@]2(CC1)CN(c1cnc(N3CCOCC3)cc1C(N)=O)C(=O)N2. The third-order valence-corrected chi connectivity index (χ3v) is 8.04. The van der Waals surface area contributed by atoms with Crippen LogP contribution in [0.5, 0.6) is 0 Å². The average Bonchev–Trinajstić information content (AvgIpc) is 3.20. The summed E-state index contributed by atoms with van der Waals surface area (Å²) in [6.07, 6.45) is 5.14. The predicted octanol–water partition coefficient (Wildman–Crippen LogP) is 2.32. The number of nitrogens with zero attached hydrogens (tertiary/aromatic N) is 4. The van der Waals surface area contributed by atoms with Gasteiger partial charge < -0.3 is 20.7 Å². The number of nitrogens with one attached hydrogen (secondary N) is 1. The maximum atomic E-state index is 13.2. The number of anilines is 2. The molecule has 1 aromatic heterocycles. The maximum absolute atomic E-state index is 13.2. The van der Waals surface area contributed by atoms with Gasteiger partial charge in [-0.3, -0.25) is 14.6 Å². The Morgan fingerprint density at radius 2 is 1.80 bits per heavy atom. The Bertz CT molecular complexity index is 1090. The van der Waals surface area contributed by atoms with Crippen LogP contribution in [0.25, 0.3) is 0 Å². The minimum atomic E-state index is -0.565. The van der Waals surface area contributed by atoms with Gasteiger partial charge in [-0.25, -0.2) is 9.78 Å². The van der Waals surface area contributed by atoms with Gasteiger partial charge in [0.05, 0.1) is 42.7 Å². The van der Waals surface area contributed by atoms with Crippen LogP contribution in [-0.2, 0) is 10.3 Å². The molecular weight excluding hydrogens is 444 g/mol. The summed E-state index contributed by atoms with van der Waals surface area (Å²) >= 11 is 0. The lowest BCUT2D eigenvalue weighted by Gasteiger charge is -2.48. The molecule has 186 valence electrons. The number of morpholine rings is 1. The van der Waals surface area contributed by atoms with E-state index in [1.807, 2.05) is 6.07 Å². The molecule has 0 radical (unpaired) electrons. The van der Waals surface area contributed by atoms with Crippen molar-refractivity contribution in [2.45, 2.75) is 36.8 Å². The van der Waals surface area contributed by atoms with Crippen molar-refractivity contribution in [1.29, 1.82) is 0 Å². The Morgan fingerprint density at radius 3 is 2.43 bits per heavy atom. The Kier molecular flexibility index (Phi) is 6.14. The van der Waals surface area contributed by atoms with Gasteiger partial charge in [0, 0.05) is 18.6 Å². The van der Waals surface area contributed by atoms with Crippen molar-refractivity contribution in [3.8, 4) is 0 Å². The van der Waals surface area contributed by atoms with Crippen LogP contribution in [0.1, 0.15) is 41.6 Å². The largest absolute Gasteiger partial charge is 0.378 e. The highest BCUT2D eigenvalue weighted by Gasteiger charge is 2.50. The number of benzene rings is 1. The average molecular weight is 479 g/mol. The highest BCUT2D eigenvalue weighted by molar-refractivity contribution is 6.05. The number of carbonyl (C=O) groups is 2. The van der Waals surface area contributed by atoms with Crippen LogP contribution in [0.2, 0.25) is 0 Å². The fourth-order valence-electron chi connectivity index (χ4n) is 5.89. The number of hydrogen-bond donors (Lipinski definition) is 2. The van der Waals surface area contributed by atoms with Crippen molar-refractivity contribution in [3.05, 3.63) is 53.7 Å². The summed E-state index contributed by atoms with van der Waals surface area (Å²) in [6, 6.07) is 12.1. The van der Waals surface area contributed by atoms with Crippen LogP contribution >= 0.6 is 0 Å². The van der Waals surface area contributed by atoms with Gasteiger partial charge in [0.25, 0.3) is 5.91 Å². The third kappa shape index (κ3) is 4.23. The quantitative estimate of drug-likeness (QED) is 0.684. The van der Waals surface area contributed by atoms with Crippen molar-refractivity contribution in [2.24, 2.45) is 5.73 Å². The van der Waals surface area contributed by atoms with E-state index in [-0.39, 0.29) is 17.1 Å². The molecule has 9 heteroatoms. The highest BCUT2D eigenvalue weighted by atomic mass is 16.5. The summed E-state index contributed by atoms with van der Waals surface area (Å²) in [7, 11) is 4.26. The van der Waals surface area contributed by atoms with E-state index in [1.54, 1.807) is 17.2 Å². The topological polar surface area (TPSA) is 104 Å². The molecule has 3 aliphatic rings. The molecule has 0 unspecified atom stereocenters. The van der Waals surface area contributed by atoms with Crippen molar-refractivity contribution < 1.29 is 14.3 Å². The molecule has 3 amide bonds. The van der Waals surface area contributed by atoms with Crippen LogP contribution in [0, 0.1) is 0 Å². The molecule has 2 aromatic rings. The number of urea groups is 1.